The number of alkyl carbamates (subject to hydrolysis) is 1. The van der Waals surface area contributed by atoms with Crippen LogP contribution in [0.4, 0.5) is 4.79 Å². The summed E-state index contributed by atoms with van der Waals surface area (Å²) in [4.78, 5) is 96.6. The minimum absolute atomic E-state index is 0.00904. The van der Waals surface area contributed by atoms with Gasteiger partial charge in [0.05, 0.1) is 119 Å². The molecule has 0 aromatic rings. The number of imide groups is 1. The predicted molar refractivity (Wildman–Crippen MR) is 245 cm³/mol. The van der Waals surface area contributed by atoms with E-state index in [9.17, 15) is 38.4 Å². The van der Waals surface area contributed by atoms with Gasteiger partial charge in [-0.2, -0.15) is 0 Å². The first kappa shape index (κ1) is 63.1. The lowest BCUT2D eigenvalue weighted by Crippen LogP contribution is -2.47. The molecule has 26 nitrogen and oxygen atoms in total. The summed E-state index contributed by atoms with van der Waals surface area (Å²) in [5, 5.41) is 21.5. The van der Waals surface area contributed by atoms with Gasteiger partial charge in [-0.1, -0.05) is 0 Å². The van der Waals surface area contributed by atoms with Crippen LogP contribution in [0.25, 0.3) is 0 Å². The van der Waals surface area contributed by atoms with Gasteiger partial charge in [-0.05, 0) is 32.1 Å². The number of rotatable bonds is 49. The number of methoxy groups -OCH3 is 1. The van der Waals surface area contributed by atoms with E-state index in [0.717, 1.165) is 17.1 Å². The van der Waals surface area contributed by atoms with Crippen molar-refractivity contribution in [2.45, 2.75) is 51.0 Å². The molecule has 6 N–H and O–H groups in total. The summed E-state index contributed by atoms with van der Waals surface area (Å²) in [5.74, 6) is -3.83. The number of carbonyl (C=O) groups is 8. The third kappa shape index (κ3) is 38.9. The summed E-state index contributed by atoms with van der Waals surface area (Å²) in [7, 11) is 1.63. The van der Waals surface area contributed by atoms with Gasteiger partial charge in [0.25, 0.3) is 11.8 Å². The van der Waals surface area contributed by atoms with E-state index in [4.69, 9.17) is 52.5 Å². The second kappa shape index (κ2) is 45.3. The Kier molecular flexibility index (Phi) is 40.8. The molecule has 1 heterocycles. The Labute approximate surface area is 409 Å². The van der Waals surface area contributed by atoms with Gasteiger partial charge in [0.2, 0.25) is 23.6 Å². The van der Waals surface area contributed by atoms with Gasteiger partial charge in [0.1, 0.15) is 12.6 Å². The van der Waals surface area contributed by atoms with E-state index in [2.05, 4.69) is 31.3 Å². The van der Waals surface area contributed by atoms with Crippen LogP contribution in [0, 0.1) is 0 Å². The monoisotopic (exact) mass is 1010 g/mol. The fourth-order valence-corrected chi connectivity index (χ4v) is 5.62. The molecule has 0 unspecified atom stereocenters. The Hall–Kier alpha value is -4.90. The Morgan fingerprint density at radius 3 is 1.44 bits per heavy atom. The molecule has 7 amide bonds. The number of unbranched alkanes of at least 4 members (excludes halogenated alkanes) is 1. The number of amides is 7. The van der Waals surface area contributed by atoms with Crippen LogP contribution in [-0.4, -0.2) is 236 Å². The van der Waals surface area contributed by atoms with Crippen LogP contribution < -0.4 is 26.6 Å². The Bertz CT molecular complexity index is 1480. The summed E-state index contributed by atoms with van der Waals surface area (Å²) in [6.45, 7) is 7.45. The van der Waals surface area contributed by atoms with Crippen molar-refractivity contribution in [1.29, 1.82) is 0 Å². The zero-order chi connectivity index (χ0) is 51.1. The molecule has 0 aromatic carbocycles. The molecule has 0 aliphatic carbocycles. The molecular formula is C44H76N6O20. The quantitative estimate of drug-likeness (QED) is 0.0286. The van der Waals surface area contributed by atoms with E-state index in [1.54, 1.807) is 7.11 Å². The van der Waals surface area contributed by atoms with E-state index in [0.29, 0.717) is 125 Å². The van der Waals surface area contributed by atoms with Crippen molar-refractivity contribution in [3.05, 3.63) is 12.2 Å². The molecule has 1 atom stereocenters. The Balaban J connectivity index is 2.10. The fourth-order valence-electron chi connectivity index (χ4n) is 5.62. The molecule has 1 aliphatic rings. The molecule has 0 saturated carbocycles. The Morgan fingerprint density at radius 2 is 0.943 bits per heavy atom. The van der Waals surface area contributed by atoms with Crippen LogP contribution in [0.5, 0.6) is 0 Å². The summed E-state index contributed by atoms with van der Waals surface area (Å²) >= 11 is 0. The summed E-state index contributed by atoms with van der Waals surface area (Å²) in [5.41, 5.74) is 0. The van der Waals surface area contributed by atoms with Gasteiger partial charge in [0, 0.05) is 64.8 Å². The molecule has 1 aliphatic heterocycles. The largest absolute Gasteiger partial charge is 0.479 e. The summed E-state index contributed by atoms with van der Waals surface area (Å²) < 4.78 is 58.1. The molecule has 0 fully saturated rings. The van der Waals surface area contributed by atoms with E-state index in [-0.39, 0.29) is 89.9 Å². The van der Waals surface area contributed by atoms with Gasteiger partial charge in [-0.25, -0.2) is 9.59 Å². The SMILES string of the molecule is COCCOCCOCCOCCOCCOCCOCCOCCOCCOCC(=O)NCCCC[C@H](NC(=O)CCCN1C(=O)C=CC1=O)C(=O)NCCCC(=O)NCCNC(=O)OCC(=O)O. The maximum absolute atomic E-state index is 13.1. The lowest BCUT2D eigenvalue weighted by Gasteiger charge is -2.19. The number of carboxylic acid groups (broad SMARTS) is 1. The highest BCUT2D eigenvalue weighted by molar-refractivity contribution is 6.12. The molecule has 0 aromatic heterocycles. The first-order valence-corrected chi connectivity index (χ1v) is 23.5. The van der Waals surface area contributed by atoms with Gasteiger partial charge >= 0.3 is 12.1 Å². The first-order chi connectivity index (χ1) is 34.0. The maximum atomic E-state index is 13.1. The van der Waals surface area contributed by atoms with E-state index < -0.39 is 48.3 Å². The van der Waals surface area contributed by atoms with Gasteiger partial charge in [-0.15, -0.1) is 0 Å². The summed E-state index contributed by atoms with van der Waals surface area (Å²) in [6, 6.07) is -0.927. The number of hydrogen-bond donors (Lipinski definition) is 6. The standard InChI is InChI=1S/C44H76N6O20/c1-60-16-17-61-18-19-62-20-21-63-22-23-64-24-25-65-26-27-66-28-29-67-30-31-68-32-33-69-34-39(53)45-11-3-2-6-36(49-38(52)8-5-15-50-40(54)9-10-41(50)55)43(58)47-12-4-7-37(51)46-13-14-48-44(59)70-35-42(56)57/h9-10,36H,2-8,11-35H2,1H3,(H,45,53)(H,46,51)(H,47,58)(H,48,59)(H,49,52)(H,56,57)/t36-/m0/s1. The lowest BCUT2D eigenvalue weighted by atomic mass is 10.1. The molecule has 0 saturated heterocycles. The van der Waals surface area contributed by atoms with Crippen molar-refractivity contribution in [3.8, 4) is 0 Å². The summed E-state index contributed by atoms with van der Waals surface area (Å²) in [6.07, 6.45) is 3.03. The van der Waals surface area contributed by atoms with Crippen LogP contribution >= 0.6 is 0 Å². The van der Waals surface area contributed by atoms with Crippen LogP contribution in [-0.2, 0) is 85.7 Å². The number of hydrogen-bond acceptors (Lipinski definition) is 19. The third-order valence-corrected chi connectivity index (χ3v) is 9.14. The molecular weight excluding hydrogens is 933 g/mol. The smallest absolute Gasteiger partial charge is 0.407 e. The number of aliphatic carboxylic acids is 1. The minimum atomic E-state index is -1.31. The first-order valence-electron chi connectivity index (χ1n) is 23.5. The number of nitrogens with zero attached hydrogens (tertiary/aromatic N) is 1. The van der Waals surface area contributed by atoms with Crippen molar-refractivity contribution >= 4 is 47.5 Å². The van der Waals surface area contributed by atoms with Crippen LogP contribution in [0.1, 0.15) is 44.9 Å². The Morgan fingerprint density at radius 1 is 0.500 bits per heavy atom. The van der Waals surface area contributed by atoms with E-state index in [1.165, 1.54) is 0 Å². The fraction of sp³-hybridized carbons (Fsp3) is 0.773. The average molecular weight is 1010 g/mol. The highest BCUT2D eigenvalue weighted by Gasteiger charge is 2.24. The van der Waals surface area contributed by atoms with Crippen LogP contribution in [0.2, 0.25) is 0 Å². The molecule has 0 bridgehead atoms. The molecule has 1 rings (SSSR count). The van der Waals surface area contributed by atoms with Crippen molar-refractivity contribution in [1.82, 2.24) is 31.5 Å². The lowest BCUT2D eigenvalue weighted by molar-refractivity contribution is -0.140. The van der Waals surface area contributed by atoms with Crippen molar-refractivity contribution in [2.24, 2.45) is 0 Å². The third-order valence-electron chi connectivity index (χ3n) is 9.14. The number of carbonyl (C=O) groups excluding carboxylic acids is 7. The van der Waals surface area contributed by atoms with Gasteiger partial charge in [0.15, 0.2) is 6.61 Å². The van der Waals surface area contributed by atoms with Gasteiger partial charge < -0.3 is 83.8 Å². The second-order valence-electron chi connectivity index (χ2n) is 14.8. The molecule has 0 radical (unpaired) electrons. The predicted octanol–water partition coefficient (Wildman–Crippen LogP) is -1.92. The average Bonchev–Trinajstić information content (AvgIpc) is 3.66. The van der Waals surface area contributed by atoms with Crippen molar-refractivity contribution in [3.63, 3.8) is 0 Å². The molecule has 26 heteroatoms. The normalized spacial score (nSPS) is 12.5. The minimum Gasteiger partial charge on any atom is -0.479 e. The topological polar surface area (TPSA) is 322 Å². The van der Waals surface area contributed by atoms with Crippen LogP contribution in [0.3, 0.4) is 0 Å². The van der Waals surface area contributed by atoms with E-state index >= 15 is 0 Å². The maximum Gasteiger partial charge on any atom is 0.407 e. The van der Waals surface area contributed by atoms with Crippen LogP contribution in [0.15, 0.2) is 12.2 Å². The number of ether oxygens (including phenoxy) is 11. The van der Waals surface area contributed by atoms with Crippen molar-refractivity contribution < 1.29 is 95.6 Å². The number of carboxylic acids is 1. The van der Waals surface area contributed by atoms with E-state index in [1.807, 2.05) is 0 Å². The highest BCUT2D eigenvalue weighted by Crippen LogP contribution is 2.07. The van der Waals surface area contributed by atoms with Crippen molar-refractivity contribution in [2.75, 3.05) is 172 Å². The number of nitrogens with one attached hydrogen (secondary N) is 5. The highest BCUT2D eigenvalue weighted by atomic mass is 16.6. The zero-order valence-corrected chi connectivity index (χ0v) is 40.5. The zero-order valence-electron chi connectivity index (χ0n) is 40.5. The van der Waals surface area contributed by atoms with Gasteiger partial charge in [-0.3, -0.25) is 33.7 Å². The molecule has 70 heavy (non-hydrogen) atoms. The second-order valence-corrected chi connectivity index (χ2v) is 14.8. The molecule has 402 valence electrons. The molecule has 0 spiro atoms.